The molecule has 5 nitrogen and oxygen atoms in total. The van der Waals surface area contributed by atoms with Gasteiger partial charge in [0.25, 0.3) is 5.91 Å². The van der Waals surface area contributed by atoms with Gasteiger partial charge in [0.05, 0.1) is 16.8 Å². The Bertz CT molecular complexity index is 1200. The molecule has 0 atom stereocenters. The Balaban J connectivity index is 1.77. The zero-order valence-electron chi connectivity index (χ0n) is 14.8. The largest absolute Gasteiger partial charge is 0.478 e. The lowest BCUT2D eigenvalue weighted by Gasteiger charge is -2.13. The first-order valence-corrected chi connectivity index (χ1v) is 8.72. The molecule has 1 heterocycles. The molecule has 2 N–H and O–H groups in total. The predicted octanol–water partition coefficient (Wildman–Crippen LogP) is 4.85. The van der Waals surface area contributed by atoms with Crippen LogP contribution in [0.5, 0.6) is 0 Å². The number of aromatic carboxylic acids is 1. The molecule has 0 saturated carbocycles. The van der Waals surface area contributed by atoms with Crippen LogP contribution in [0, 0.1) is 0 Å². The van der Waals surface area contributed by atoms with Gasteiger partial charge in [-0.25, -0.2) is 4.79 Å². The number of carbonyl (C=O) groups excluding carboxylic acids is 1. The molecule has 0 saturated heterocycles. The Morgan fingerprint density at radius 3 is 2.14 bits per heavy atom. The summed E-state index contributed by atoms with van der Waals surface area (Å²) in [6.45, 7) is 0. The second kappa shape index (κ2) is 7.32. The summed E-state index contributed by atoms with van der Waals surface area (Å²) in [6, 6.07) is 23.0. The SMILES string of the molecule is O=C(O)c1ccccc1-c1ccccc1C(=O)Nc1cccc2cccnc12. The van der Waals surface area contributed by atoms with Gasteiger partial charge in [0, 0.05) is 17.1 Å². The van der Waals surface area contributed by atoms with E-state index >= 15 is 0 Å². The Morgan fingerprint density at radius 2 is 1.39 bits per heavy atom. The number of aromatic nitrogens is 1. The quantitative estimate of drug-likeness (QED) is 0.539. The number of hydrogen-bond donors (Lipinski definition) is 2. The Morgan fingerprint density at radius 1 is 0.750 bits per heavy atom. The summed E-state index contributed by atoms with van der Waals surface area (Å²) >= 11 is 0. The van der Waals surface area contributed by atoms with Crippen molar-refractivity contribution >= 4 is 28.5 Å². The molecule has 0 fully saturated rings. The molecule has 136 valence electrons. The highest BCUT2D eigenvalue weighted by molar-refractivity contribution is 6.12. The van der Waals surface area contributed by atoms with Crippen LogP contribution in [0.25, 0.3) is 22.0 Å². The van der Waals surface area contributed by atoms with Crippen LogP contribution in [0.15, 0.2) is 85.1 Å². The van der Waals surface area contributed by atoms with E-state index in [2.05, 4.69) is 10.3 Å². The van der Waals surface area contributed by atoms with E-state index in [1.54, 1.807) is 54.7 Å². The maximum Gasteiger partial charge on any atom is 0.336 e. The van der Waals surface area contributed by atoms with Crippen molar-refractivity contribution in [2.75, 3.05) is 5.32 Å². The summed E-state index contributed by atoms with van der Waals surface area (Å²) in [4.78, 5) is 29.0. The van der Waals surface area contributed by atoms with Crippen LogP contribution in [0.1, 0.15) is 20.7 Å². The van der Waals surface area contributed by atoms with Gasteiger partial charge in [-0.2, -0.15) is 0 Å². The summed E-state index contributed by atoms with van der Waals surface area (Å²) in [5, 5.41) is 13.3. The summed E-state index contributed by atoms with van der Waals surface area (Å²) < 4.78 is 0. The molecule has 28 heavy (non-hydrogen) atoms. The fourth-order valence-electron chi connectivity index (χ4n) is 3.22. The zero-order valence-corrected chi connectivity index (χ0v) is 14.8. The molecule has 5 heteroatoms. The van der Waals surface area contributed by atoms with Crippen molar-refractivity contribution < 1.29 is 14.7 Å². The number of pyridine rings is 1. The number of anilines is 1. The van der Waals surface area contributed by atoms with Crippen LogP contribution in [0.4, 0.5) is 5.69 Å². The monoisotopic (exact) mass is 368 g/mol. The van der Waals surface area contributed by atoms with Crippen molar-refractivity contribution in [1.29, 1.82) is 0 Å². The fourth-order valence-corrected chi connectivity index (χ4v) is 3.22. The first-order valence-electron chi connectivity index (χ1n) is 8.72. The number of nitrogens with one attached hydrogen (secondary N) is 1. The van der Waals surface area contributed by atoms with Crippen LogP contribution >= 0.6 is 0 Å². The molecule has 4 rings (SSSR count). The van der Waals surface area contributed by atoms with Gasteiger partial charge in [0.1, 0.15) is 0 Å². The number of benzene rings is 3. The first-order chi connectivity index (χ1) is 13.6. The number of carboxylic acid groups (broad SMARTS) is 1. The fraction of sp³-hybridized carbons (Fsp3) is 0. The summed E-state index contributed by atoms with van der Waals surface area (Å²) in [7, 11) is 0. The summed E-state index contributed by atoms with van der Waals surface area (Å²) in [5.74, 6) is -1.36. The van der Waals surface area contributed by atoms with Crippen LogP contribution in [-0.4, -0.2) is 22.0 Å². The number of para-hydroxylation sites is 1. The number of carbonyl (C=O) groups is 2. The van der Waals surface area contributed by atoms with Gasteiger partial charge in [-0.15, -0.1) is 0 Å². The normalized spacial score (nSPS) is 10.6. The van der Waals surface area contributed by atoms with Crippen LogP contribution in [-0.2, 0) is 0 Å². The lowest BCUT2D eigenvalue weighted by atomic mass is 9.95. The minimum absolute atomic E-state index is 0.148. The number of carboxylic acids is 1. The van der Waals surface area contributed by atoms with Crippen molar-refractivity contribution in [2.45, 2.75) is 0 Å². The molecule has 0 aliphatic carbocycles. The Kier molecular flexibility index (Phi) is 4.56. The molecule has 0 radical (unpaired) electrons. The van der Waals surface area contributed by atoms with Crippen molar-refractivity contribution in [2.24, 2.45) is 0 Å². The van der Waals surface area contributed by atoms with Gasteiger partial charge < -0.3 is 10.4 Å². The first kappa shape index (κ1) is 17.4. The van der Waals surface area contributed by atoms with Gasteiger partial charge in [-0.1, -0.05) is 54.6 Å². The third-order valence-electron chi connectivity index (χ3n) is 4.50. The van der Waals surface area contributed by atoms with Crippen molar-refractivity contribution in [3.63, 3.8) is 0 Å². The molecule has 0 spiro atoms. The lowest BCUT2D eigenvalue weighted by molar-refractivity contribution is 0.0697. The van der Waals surface area contributed by atoms with E-state index in [0.29, 0.717) is 27.9 Å². The minimum Gasteiger partial charge on any atom is -0.478 e. The zero-order chi connectivity index (χ0) is 19.5. The third kappa shape index (κ3) is 3.21. The molecule has 1 aromatic heterocycles. The highest BCUT2D eigenvalue weighted by Crippen LogP contribution is 2.29. The standard InChI is InChI=1S/C23H16N2O3/c26-22(25-20-13-5-7-15-8-6-14-24-21(15)20)18-11-3-1-9-16(18)17-10-2-4-12-19(17)23(27)28/h1-14H,(H,25,26)(H,27,28). The maximum atomic E-state index is 13.0. The predicted molar refractivity (Wildman–Crippen MR) is 109 cm³/mol. The highest BCUT2D eigenvalue weighted by Gasteiger charge is 2.18. The van der Waals surface area contributed by atoms with Gasteiger partial charge >= 0.3 is 5.97 Å². The smallest absolute Gasteiger partial charge is 0.336 e. The van der Waals surface area contributed by atoms with E-state index in [1.807, 2.05) is 24.3 Å². The van der Waals surface area contributed by atoms with Crippen LogP contribution in [0.3, 0.4) is 0 Å². The number of fused-ring (bicyclic) bond motifs is 1. The third-order valence-corrected chi connectivity index (χ3v) is 4.50. The van der Waals surface area contributed by atoms with Crippen molar-refractivity contribution in [3.05, 3.63) is 96.2 Å². The van der Waals surface area contributed by atoms with Crippen LogP contribution < -0.4 is 5.32 Å². The van der Waals surface area contributed by atoms with E-state index in [0.717, 1.165) is 5.39 Å². The average Bonchev–Trinajstić information content (AvgIpc) is 2.74. The molecular formula is C23H16N2O3. The van der Waals surface area contributed by atoms with Gasteiger partial charge in [0.2, 0.25) is 0 Å². The van der Waals surface area contributed by atoms with E-state index in [9.17, 15) is 14.7 Å². The van der Waals surface area contributed by atoms with Crippen molar-refractivity contribution in [1.82, 2.24) is 4.98 Å². The van der Waals surface area contributed by atoms with E-state index < -0.39 is 5.97 Å². The molecule has 0 bridgehead atoms. The molecule has 0 aliphatic rings. The Hall–Kier alpha value is -3.99. The maximum absolute atomic E-state index is 13.0. The summed E-state index contributed by atoms with van der Waals surface area (Å²) in [6.07, 6.45) is 1.68. The van der Waals surface area contributed by atoms with E-state index in [1.165, 1.54) is 6.07 Å². The van der Waals surface area contributed by atoms with Gasteiger partial charge in [0.15, 0.2) is 0 Å². The molecular weight excluding hydrogens is 352 g/mol. The number of amides is 1. The molecule has 0 aliphatic heterocycles. The molecule has 3 aromatic carbocycles. The highest BCUT2D eigenvalue weighted by atomic mass is 16.4. The topological polar surface area (TPSA) is 79.3 Å². The Labute approximate surface area is 161 Å². The minimum atomic E-state index is -1.04. The molecule has 4 aromatic rings. The van der Waals surface area contributed by atoms with Crippen LogP contribution in [0.2, 0.25) is 0 Å². The summed E-state index contributed by atoms with van der Waals surface area (Å²) in [5.41, 5.74) is 2.90. The molecule has 1 amide bonds. The molecule has 0 unspecified atom stereocenters. The lowest BCUT2D eigenvalue weighted by Crippen LogP contribution is -2.14. The number of nitrogens with zero attached hydrogens (tertiary/aromatic N) is 1. The second-order valence-electron chi connectivity index (χ2n) is 6.23. The average molecular weight is 368 g/mol. The van der Waals surface area contributed by atoms with E-state index in [-0.39, 0.29) is 11.5 Å². The van der Waals surface area contributed by atoms with Gasteiger partial charge in [-0.3, -0.25) is 9.78 Å². The van der Waals surface area contributed by atoms with Gasteiger partial charge in [-0.05, 0) is 35.4 Å². The number of rotatable bonds is 4. The van der Waals surface area contributed by atoms with Crippen molar-refractivity contribution in [3.8, 4) is 11.1 Å². The number of hydrogen-bond acceptors (Lipinski definition) is 3. The second-order valence-corrected chi connectivity index (χ2v) is 6.23. The van der Waals surface area contributed by atoms with E-state index in [4.69, 9.17) is 0 Å².